The number of aromatic nitrogens is 2. The van der Waals surface area contributed by atoms with E-state index < -0.39 is 4.92 Å². The first-order chi connectivity index (χ1) is 8.56. The molecule has 0 aliphatic carbocycles. The zero-order chi connectivity index (χ0) is 13.1. The third-order valence-electron chi connectivity index (χ3n) is 2.25. The Morgan fingerprint density at radius 2 is 2.28 bits per heavy atom. The summed E-state index contributed by atoms with van der Waals surface area (Å²) in [5, 5.41) is 18.8. The first-order valence-electron chi connectivity index (χ1n) is 5.06. The van der Waals surface area contributed by atoms with Gasteiger partial charge in [-0.1, -0.05) is 35.2 Å². The van der Waals surface area contributed by atoms with Crippen LogP contribution in [0.3, 0.4) is 0 Å². The second-order valence-electron chi connectivity index (χ2n) is 3.52. The summed E-state index contributed by atoms with van der Waals surface area (Å²) >= 11 is 2.79. The fourth-order valence-corrected chi connectivity index (χ4v) is 3.28. The second kappa shape index (κ2) is 5.32. The minimum atomic E-state index is -0.399. The first-order valence-corrected chi connectivity index (χ1v) is 6.76. The van der Waals surface area contributed by atoms with E-state index in [9.17, 15) is 10.1 Å². The molecule has 94 valence electrons. The average molecular weight is 282 g/mol. The predicted molar refractivity (Wildman–Crippen MR) is 71.7 cm³/mol. The Morgan fingerprint density at radius 3 is 2.89 bits per heavy atom. The van der Waals surface area contributed by atoms with Crippen molar-refractivity contribution in [1.29, 1.82) is 0 Å². The van der Waals surface area contributed by atoms with Crippen molar-refractivity contribution in [2.24, 2.45) is 0 Å². The van der Waals surface area contributed by atoms with Gasteiger partial charge in [0.05, 0.1) is 4.92 Å². The fraction of sp³-hybridized carbons (Fsp3) is 0.200. The molecule has 8 heteroatoms. The Labute approximate surface area is 111 Å². The monoisotopic (exact) mass is 282 g/mol. The van der Waals surface area contributed by atoms with Crippen LogP contribution in [0.2, 0.25) is 0 Å². The van der Waals surface area contributed by atoms with Crippen LogP contribution in [0.4, 0.5) is 10.8 Å². The Balaban J connectivity index is 2.15. The summed E-state index contributed by atoms with van der Waals surface area (Å²) in [4.78, 5) is 10.3. The average Bonchev–Trinajstić information content (AvgIpc) is 2.75. The maximum atomic E-state index is 10.7. The van der Waals surface area contributed by atoms with E-state index in [1.165, 1.54) is 29.2 Å². The van der Waals surface area contributed by atoms with Crippen LogP contribution >= 0.6 is 23.1 Å². The molecule has 1 unspecified atom stereocenters. The third kappa shape index (κ3) is 2.96. The van der Waals surface area contributed by atoms with E-state index in [4.69, 9.17) is 5.73 Å². The molecule has 0 saturated carbocycles. The van der Waals surface area contributed by atoms with Gasteiger partial charge in [-0.2, -0.15) is 0 Å². The highest BCUT2D eigenvalue weighted by Crippen LogP contribution is 2.37. The van der Waals surface area contributed by atoms with Crippen molar-refractivity contribution in [2.45, 2.75) is 16.5 Å². The van der Waals surface area contributed by atoms with Crippen LogP contribution < -0.4 is 5.73 Å². The van der Waals surface area contributed by atoms with Gasteiger partial charge in [0.2, 0.25) is 5.13 Å². The number of hydrogen-bond donors (Lipinski definition) is 1. The van der Waals surface area contributed by atoms with Gasteiger partial charge in [0.15, 0.2) is 4.34 Å². The Morgan fingerprint density at radius 1 is 1.50 bits per heavy atom. The van der Waals surface area contributed by atoms with Crippen molar-refractivity contribution >= 4 is 33.9 Å². The molecule has 2 rings (SSSR count). The van der Waals surface area contributed by atoms with Crippen LogP contribution in [0, 0.1) is 10.1 Å². The maximum Gasteiger partial charge on any atom is 0.269 e. The molecule has 0 bridgehead atoms. The highest BCUT2D eigenvalue weighted by molar-refractivity contribution is 8.01. The van der Waals surface area contributed by atoms with Crippen LogP contribution in [0.25, 0.3) is 0 Å². The van der Waals surface area contributed by atoms with Gasteiger partial charge >= 0.3 is 0 Å². The molecule has 0 aliphatic rings. The summed E-state index contributed by atoms with van der Waals surface area (Å²) in [6, 6.07) is 6.58. The van der Waals surface area contributed by atoms with Gasteiger partial charge in [-0.05, 0) is 12.5 Å². The van der Waals surface area contributed by atoms with E-state index in [-0.39, 0.29) is 10.9 Å². The van der Waals surface area contributed by atoms with Gasteiger partial charge in [-0.3, -0.25) is 10.1 Å². The molecule has 2 aromatic rings. The van der Waals surface area contributed by atoms with Crippen LogP contribution in [0.1, 0.15) is 17.7 Å². The van der Waals surface area contributed by atoms with Crippen molar-refractivity contribution in [1.82, 2.24) is 10.2 Å². The summed E-state index contributed by atoms with van der Waals surface area (Å²) in [5.41, 5.74) is 6.47. The topological polar surface area (TPSA) is 94.9 Å². The highest BCUT2D eigenvalue weighted by atomic mass is 32.2. The number of thioether (sulfide) groups is 1. The zero-order valence-electron chi connectivity index (χ0n) is 9.44. The van der Waals surface area contributed by atoms with E-state index in [1.54, 1.807) is 12.1 Å². The van der Waals surface area contributed by atoms with E-state index in [1.807, 2.05) is 13.0 Å². The van der Waals surface area contributed by atoms with Crippen molar-refractivity contribution < 1.29 is 4.92 Å². The lowest BCUT2D eigenvalue weighted by Gasteiger charge is -2.08. The summed E-state index contributed by atoms with van der Waals surface area (Å²) in [7, 11) is 0. The van der Waals surface area contributed by atoms with Crippen molar-refractivity contribution in [3.05, 3.63) is 39.9 Å². The fourth-order valence-electron chi connectivity index (χ4n) is 1.38. The van der Waals surface area contributed by atoms with E-state index in [0.29, 0.717) is 5.13 Å². The summed E-state index contributed by atoms with van der Waals surface area (Å²) in [6.45, 7) is 1.96. The minimum Gasteiger partial charge on any atom is -0.374 e. The van der Waals surface area contributed by atoms with E-state index in [2.05, 4.69) is 10.2 Å². The quantitative estimate of drug-likeness (QED) is 0.526. The third-order valence-corrected chi connectivity index (χ3v) is 4.24. The molecule has 6 nitrogen and oxygen atoms in total. The van der Waals surface area contributed by atoms with Gasteiger partial charge in [0, 0.05) is 17.4 Å². The first kappa shape index (κ1) is 12.8. The molecule has 1 heterocycles. The molecule has 0 radical (unpaired) electrons. The largest absolute Gasteiger partial charge is 0.374 e. The molecule has 0 spiro atoms. The molecule has 1 aromatic heterocycles. The molecule has 1 aromatic carbocycles. The summed E-state index contributed by atoms with van der Waals surface area (Å²) < 4.78 is 0.756. The highest BCUT2D eigenvalue weighted by Gasteiger charge is 2.14. The maximum absolute atomic E-state index is 10.7. The van der Waals surface area contributed by atoms with Crippen LogP contribution in [-0.4, -0.2) is 15.1 Å². The summed E-state index contributed by atoms with van der Waals surface area (Å²) in [5.74, 6) is 0. The van der Waals surface area contributed by atoms with E-state index in [0.717, 1.165) is 9.90 Å². The smallest absolute Gasteiger partial charge is 0.269 e. The predicted octanol–water partition coefficient (Wildman–Crippen LogP) is 2.88. The number of anilines is 1. The molecule has 0 saturated heterocycles. The number of non-ortho nitro benzene ring substituents is 1. The number of nitro groups is 1. The Hall–Kier alpha value is -1.67. The Bertz CT molecular complexity index is 573. The lowest BCUT2D eigenvalue weighted by molar-refractivity contribution is -0.384. The SMILES string of the molecule is CC(Sc1nnc(N)s1)c1cccc([N+](=O)[O-])c1. The second-order valence-corrected chi connectivity index (χ2v) is 6.12. The lowest BCUT2D eigenvalue weighted by atomic mass is 10.1. The van der Waals surface area contributed by atoms with Gasteiger partial charge in [0.1, 0.15) is 0 Å². The number of hydrogen-bond acceptors (Lipinski definition) is 7. The van der Waals surface area contributed by atoms with Crippen molar-refractivity contribution in [3.63, 3.8) is 0 Å². The number of nitrogen functional groups attached to an aromatic ring is 1. The lowest BCUT2D eigenvalue weighted by Crippen LogP contribution is -1.92. The minimum absolute atomic E-state index is 0.0530. The molecule has 0 fully saturated rings. The molecule has 1 atom stereocenters. The summed E-state index contributed by atoms with van der Waals surface area (Å²) in [6.07, 6.45) is 0. The zero-order valence-corrected chi connectivity index (χ0v) is 11.1. The van der Waals surface area contributed by atoms with Gasteiger partial charge in [-0.25, -0.2) is 0 Å². The van der Waals surface area contributed by atoms with E-state index >= 15 is 0 Å². The Kier molecular flexibility index (Phi) is 3.78. The molecular weight excluding hydrogens is 272 g/mol. The normalized spacial score (nSPS) is 12.3. The van der Waals surface area contributed by atoms with Gasteiger partial charge in [-0.15, -0.1) is 10.2 Å². The van der Waals surface area contributed by atoms with Crippen LogP contribution in [0.15, 0.2) is 28.6 Å². The molecule has 18 heavy (non-hydrogen) atoms. The number of nitro benzene ring substituents is 1. The standard InChI is InChI=1S/C10H10N4O2S2/c1-6(17-10-13-12-9(11)18-10)7-3-2-4-8(5-7)14(15)16/h2-6H,1H3,(H2,11,12). The number of nitrogens with two attached hydrogens (primary N) is 1. The van der Waals surface area contributed by atoms with Crippen molar-refractivity contribution in [2.75, 3.05) is 5.73 Å². The van der Waals surface area contributed by atoms with Gasteiger partial charge < -0.3 is 5.73 Å². The van der Waals surface area contributed by atoms with Gasteiger partial charge in [0.25, 0.3) is 5.69 Å². The number of rotatable bonds is 4. The molecule has 0 aliphatic heterocycles. The number of nitrogens with zero attached hydrogens (tertiary/aromatic N) is 3. The molecule has 2 N–H and O–H groups in total. The van der Waals surface area contributed by atoms with Crippen LogP contribution in [-0.2, 0) is 0 Å². The van der Waals surface area contributed by atoms with Crippen LogP contribution in [0.5, 0.6) is 0 Å². The van der Waals surface area contributed by atoms with Crippen molar-refractivity contribution in [3.8, 4) is 0 Å². The molecule has 0 amide bonds. The molecular formula is C10H10N4O2S2. The number of benzene rings is 1.